The SMILES string of the molecule is Cc1ccc2ccc3ccc(C)nc3c2n1.O=C(c1c(O)c2ccc3ccccc3c2oc1=O)C(F)(F)F.[Eu]. The van der Waals surface area contributed by atoms with Gasteiger partial charge in [-0.25, -0.2) is 4.79 Å². The molecule has 3 aromatic carbocycles. The summed E-state index contributed by atoms with van der Waals surface area (Å²) in [6.07, 6.45) is -5.28. The predicted octanol–water partition coefficient (Wildman–Crippen LogP) is 6.80. The number of hydrogen-bond donors (Lipinski definition) is 1. The maximum Gasteiger partial charge on any atom is 0.455 e. The number of pyridine rings is 2. The van der Waals surface area contributed by atoms with Gasteiger partial charge in [0.15, 0.2) is 5.56 Å². The predicted molar refractivity (Wildman–Crippen MR) is 139 cm³/mol. The van der Waals surface area contributed by atoms with Gasteiger partial charge in [0, 0.05) is 76.9 Å². The van der Waals surface area contributed by atoms with E-state index in [1.165, 1.54) is 6.07 Å². The van der Waals surface area contributed by atoms with E-state index in [-0.39, 0.29) is 60.3 Å². The summed E-state index contributed by atoms with van der Waals surface area (Å²) in [5.74, 6) is -3.46. The molecular weight excluding hydrogens is 649 g/mol. The molecule has 0 fully saturated rings. The molecule has 0 unspecified atom stereocenters. The van der Waals surface area contributed by atoms with Crippen LogP contribution in [0.4, 0.5) is 13.2 Å². The van der Waals surface area contributed by atoms with Gasteiger partial charge in [-0.05, 0) is 37.4 Å². The fourth-order valence-electron chi connectivity index (χ4n) is 4.22. The molecule has 3 aromatic heterocycles. The molecule has 6 nitrogen and oxygen atoms in total. The summed E-state index contributed by atoms with van der Waals surface area (Å²) in [6.45, 7) is 4.02. The molecule has 0 amide bonds. The molecule has 3 heterocycles. The molecule has 1 radical (unpaired) electrons. The van der Waals surface area contributed by atoms with Crippen molar-refractivity contribution in [3.05, 3.63) is 100 Å². The molecule has 0 atom stereocenters. The Morgan fingerprint density at radius 1 is 0.769 bits per heavy atom. The van der Waals surface area contributed by atoms with Crippen LogP contribution in [0, 0.1) is 63.2 Å². The standard InChI is InChI=1S/C15H7F3O4.C14H12N2.Eu/c16-15(17,18)13(20)10-11(19)9-6-5-7-3-1-2-4-8(7)12(9)22-14(10)21;1-9-3-5-11-7-8-12-6-4-10(2)16-14(12)13(11)15-9;/h1-6,19H;3-8H,1-2H3;. The molecule has 197 valence electrons. The van der Waals surface area contributed by atoms with Gasteiger partial charge in [-0.15, -0.1) is 0 Å². The van der Waals surface area contributed by atoms with Gasteiger partial charge < -0.3 is 9.52 Å². The van der Waals surface area contributed by atoms with Crippen LogP contribution in [0.15, 0.2) is 82.0 Å². The maximum atomic E-state index is 12.5. The molecular formula is C29H19EuF3N2O4. The Hall–Kier alpha value is -3.21. The zero-order valence-electron chi connectivity index (χ0n) is 20.5. The molecule has 0 saturated carbocycles. The van der Waals surface area contributed by atoms with E-state index in [4.69, 9.17) is 4.42 Å². The average Bonchev–Trinajstić information content (AvgIpc) is 2.88. The summed E-state index contributed by atoms with van der Waals surface area (Å²) in [7, 11) is 0. The number of alkyl halides is 3. The van der Waals surface area contributed by atoms with Crippen molar-refractivity contribution in [3.8, 4) is 5.75 Å². The number of aromatic hydroxyl groups is 1. The fraction of sp³-hybridized carbons (Fsp3) is 0.103. The second-order valence-corrected chi connectivity index (χ2v) is 8.72. The number of aryl methyl sites for hydroxylation is 2. The van der Waals surface area contributed by atoms with E-state index in [0.29, 0.717) is 10.8 Å². The van der Waals surface area contributed by atoms with E-state index in [1.807, 2.05) is 26.0 Å². The largest absolute Gasteiger partial charge is 0.506 e. The summed E-state index contributed by atoms with van der Waals surface area (Å²) in [6, 6.07) is 22.0. The summed E-state index contributed by atoms with van der Waals surface area (Å²) in [5, 5.41) is 13.2. The fourth-order valence-corrected chi connectivity index (χ4v) is 4.22. The molecule has 0 aliphatic heterocycles. The minimum atomic E-state index is -5.28. The van der Waals surface area contributed by atoms with Gasteiger partial charge in [-0.1, -0.05) is 54.6 Å². The molecule has 1 N–H and O–H groups in total. The first-order chi connectivity index (χ1) is 18.0. The molecule has 0 bridgehead atoms. The van der Waals surface area contributed by atoms with Crippen LogP contribution in [0.25, 0.3) is 43.5 Å². The van der Waals surface area contributed by atoms with Gasteiger partial charge in [0.05, 0.1) is 16.4 Å². The van der Waals surface area contributed by atoms with Crippen molar-refractivity contribution in [2.24, 2.45) is 0 Å². The summed E-state index contributed by atoms with van der Waals surface area (Å²) in [4.78, 5) is 32.2. The first-order valence-electron chi connectivity index (χ1n) is 11.5. The number of halogens is 3. The van der Waals surface area contributed by atoms with Crippen LogP contribution < -0.4 is 5.63 Å². The van der Waals surface area contributed by atoms with Crippen LogP contribution in [0.1, 0.15) is 21.7 Å². The number of benzene rings is 3. The van der Waals surface area contributed by atoms with Crippen LogP contribution in [0.2, 0.25) is 0 Å². The van der Waals surface area contributed by atoms with Crippen LogP contribution in [-0.2, 0) is 0 Å². The number of fused-ring (bicyclic) bond motifs is 6. The molecule has 0 aliphatic carbocycles. The number of carbonyl (C=O) groups excluding carboxylic acids is 1. The number of ketones is 1. The van der Waals surface area contributed by atoms with Crippen LogP contribution in [0.5, 0.6) is 5.75 Å². The number of Topliss-reactive ketones (excluding diaryl/α,β-unsaturated/α-hetero) is 1. The smallest absolute Gasteiger partial charge is 0.455 e. The maximum absolute atomic E-state index is 12.5. The van der Waals surface area contributed by atoms with Gasteiger partial charge >= 0.3 is 11.8 Å². The van der Waals surface area contributed by atoms with E-state index < -0.39 is 28.9 Å². The van der Waals surface area contributed by atoms with Gasteiger partial charge in [-0.2, -0.15) is 13.2 Å². The van der Waals surface area contributed by atoms with Crippen molar-refractivity contribution in [1.82, 2.24) is 9.97 Å². The third-order valence-electron chi connectivity index (χ3n) is 6.05. The van der Waals surface area contributed by atoms with Crippen LogP contribution >= 0.6 is 0 Å². The van der Waals surface area contributed by atoms with E-state index in [0.717, 1.165) is 33.2 Å². The second-order valence-electron chi connectivity index (χ2n) is 8.72. The second kappa shape index (κ2) is 11.1. The molecule has 39 heavy (non-hydrogen) atoms. The van der Waals surface area contributed by atoms with Crippen molar-refractivity contribution >= 4 is 49.3 Å². The van der Waals surface area contributed by atoms with Crippen molar-refractivity contribution in [3.63, 3.8) is 0 Å². The van der Waals surface area contributed by atoms with Crippen molar-refractivity contribution in [2.45, 2.75) is 20.0 Å². The molecule has 0 spiro atoms. The Bertz CT molecular complexity index is 1890. The first kappa shape index (κ1) is 28.8. The summed E-state index contributed by atoms with van der Waals surface area (Å²) < 4.78 is 42.4. The van der Waals surface area contributed by atoms with Crippen molar-refractivity contribution < 1.29 is 76.9 Å². The number of nitrogens with zero attached hydrogens (tertiary/aromatic N) is 2. The van der Waals surface area contributed by atoms with Gasteiger partial charge in [0.25, 0.3) is 5.78 Å². The number of hydrogen-bond acceptors (Lipinski definition) is 6. The third-order valence-corrected chi connectivity index (χ3v) is 6.05. The Balaban J connectivity index is 0.000000184. The Morgan fingerprint density at radius 3 is 1.85 bits per heavy atom. The van der Waals surface area contributed by atoms with Gasteiger partial charge in [0.1, 0.15) is 11.3 Å². The van der Waals surface area contributed by atoms with E-state index in [1.54, 1.807) is 30.3 Å². The van der Waals surface area contributed by atoms with E-state index in [9.17, 15) is 27.9 Å². The third kappa shape index (κ3) is 5.59. The quantitative estimate of drug-likeness (QED) is 0.118. The van der Waals surface area contributed by atoms with Gasteiger partial charge in [-0.3, -0.25) is 14.8 Å². The topological polar surface area (TPSA) is 93.3 Å². The molecule has 6 rings (SSSR count). The van der Waals surface area contributed by atoms with E-state index >= 15 is 0 Å². The Morgan fingerprint density at radius 2 is 1.28 bits per heavy atom. The number of aromatic nitrogens is 2. The van der Waals surface area contributed by atoms with Crippen molar-refractivity contribution in [2.75, 3.05) is 0 Å². The molecule has 6 aromatic rings. The van der Waals surface area contributed by atoms with Gasteiger partial charge in [0.2, 0.25) is 0 Å². The van der Waals surface area contributed by atoms with E-state index in [2.05, 4.69) is 34.2 Å². The first-order valence-corrected chi connectivity index (χ1v) is 11.5. The Kier molecular flexibility index (Phi) is 8.21. The molecule has 0 saturated heterocycles. The minimum absolute atomic E-state index is 0. The van der Waals surface area contributed by atoms with Crippen LogP contribution in [-0.4, -0.2) is 27.0 Å². The number of carbonyl (C=O) groups is 1. The molecule has 0 aliphatic rings. The summed E-state index contributed by atoms with van der Waals surface area (Å²) in [5.41, 5.74) is 1.06. The Labute approximate surface area is 260 Å². The monoisotopic (exact) mass is 669 g/mol. The average molecular weight is 668 g/mol. The zero-order chi connectivity index (χ0) is 27.2. The summed E-state index contributed by atoms with van der Waals surface area (Å²) >= 11 is 0. The molecule has 10 heteroatoms. The van der Waals surface area contributed by atoms with Crippen LogP contribution in [0.3, 0.4) is 0 Å². The normalized spacial score (nSPS) is 11.3. The number of rotatable bonds is 1. The minimum Gasteiger partial charge on any atom is -0.506 e. The zero-order valence-corrected chi connectivity index (χ0v) is 22.9. The van der Waals surface area contributed by atoms with Crippen molar-refractivity contribution in [1.29, 1.82) is 0 Å².